The topological polar surface area (TPSA) is 92.7 Å². The van der Waals surface area contributed by atoms with Crippen LogP contribution in [0.15, 0.2) is 79.0 Å². The van der Waals surface area contributed by atoms with Crippen LogP contribution >= 0.6 is 0 Å². The van der Waals surface area contributed by atoms with E-state index < -0.39 is 46.9 Å². The fraction of sp³-hybridized carbons (Fsp3) is 0.441. The fourth-order valence-electron chi connectivity index (χ4n) is 3.84. The number of ether oxygens (including phenoxy) is 1. The highest BCUT2D eigenvalue weighted by molar-refractivity contribution is 5.93. The van der Waals surface area contributed by atoms with E-state index in [0.29, 0.717) is 25.0 Å². The monoisotopic (exact) mass is 603 g/mol. The van der Waals surface area contributed by atoms with E-state index in [1.54, 1.807) is 13.8 Å². The first-order chi connectivity index (χ1) is 20.5. The second-order valence-electron chi connectivity index (χ2n) is 10.3. The zero-order chi connectivity index (χ0) is 32.1. The standard InChI is InChI=1S/C34H44F3NO5/c1-4-5-6-7-8-9-10-11-12-13-14-15-16-17-18-19-20-21-31(39)38-29(24-26(2)3)33(42)43-30-25-27(34(35,36)37)22-23-28(30)32(40)41/h5-6,8-9,11-12,14-15,17-18,22-23,25-26,29H,4,7,10,13,16,19-21,24H2,1-3H3,(H,38,39)(H,40,41). The van der Waals surface area contributed by atoms with Crippen molar-refractivity contribution in [3.05, 3.63) is 90.1 Å². The van der Waals surface area contributed by atoms with Gasteiger partial charge in [0, 0.05) is 6.42 Å². The normalized spacial score (nSPS) is 13.3. The number of rotatable bonds is 19. The summed E-state index contributed by atoms with van der Waals surface area (Å²) in [7, 11) is 0. The van der Waals surface area contributed by atoms with Gasteiger partial charge in [-0.25, -0.2) is 9.59 Å². The van der Waals surface area contributed by atoms with E-state index in [4.69, 9.17) is 4.74 Å². The highest BCUT2D eigenvalue weighted by Crippen LogP contribution is 2.33. The molecule has 0 aliphatic rings. The molecule has 1 aromatic carbocycles. The maximum atomic E-state index is 13.1. The first kappa shape index (κ1) is 37.1. The Balaban J connectivity index is 2.50. The molecule has 1 unspecified atom stereocenters. The molecule has 0 radical (unpaired) electrons. The Kier molecular flexibility index (Phi) is 18.1. The average molecular weight is 604 g/mol. The van der Waals surface area contributed by atoms with E-state index in [2.05, 4.69) is 60.8 Å². The number of carboxylic acids is 1. The molecular weight excluding hydrogens is 559 g/mol. The van der Waals surface area contributed by atoms with Gasteiger partial charge in [0.05, 0.1) is 5.56 Å². The third-order valence-electron chi connectivity index (χ3n) is 6.01. The van der Waals surface area contributed by atoms with Crippen molar-refractivity contribution >= 4 is 17.8 Å². The number of alkyl halides is 3. The molecule has 0 aliphatic heterocycles. The van der Waals surface area contributed by atoms with Gasteiger partial charge in [0.25, 0.3) is 0 Å². The smallest absolute Gasteiger partial charge is 0.416 e. The highest BCUT2D eigenvalue weighted by Gasteiger charge is 2.33. The Hall–Kier alpha value is -3.88. The SMILES string of the molecule is CCC=CCC=CCC=CCC=CCC=CCCCC(=O)NC(CC(C)C)C(=O)Oc1cc(C(F)(F)F)ccc1C(=O)O. The lowest BCUT2D eigenvalue weighted by Crippen LogP contribution is -2.44. The van der Waals surface area contributed by atoms with E-state index >= 15 is 0 Å². The minimum atomic E-state index is -4.76. The van der Waals surface area contributed by atoms with Crippen LogP contribution in [0.5, 0.6) is 5.75 Å². The number of carboxylic acid groups (broad SMARTS) is 1. The predicted octanol–water partition coefficient (Wildman–Crippen LogP) is 8.76. The Morgan fingerprint density at radius 1 is 0.884 bits per heavy atom. The molecule has 0 aromatic heterocycles. The second kappa shape index (κ2) is 20.9. The van der Waals surface area contributed by atoms with Crippen LogP contribution in [0.3, 0.4) is 0 Å². The minimum Gasteiger partial charge on any atom is -0.478 e. The van der Waals surface area contributed by atoms with Crippen molar-refractivity contribution in [2.45, 2.75) is 90.8 Å². The Morgan fingerprint density at radius 3 is 1.91 bits per heavy atom. The van der Waals surface area contributed by atoms with E-state index in [-0.39, 0.29) is 18.8 Å². The summed E-state index contributed by atoms with van der Waals surface area (Å²) in [6.45, 7) is 5.73. The molecule has 236 valence electrons. The van der Waals surface area contributed by atoms with Crippen LogP contribution in [0.2, 0.25) is 0 Å². The first-order valence-electron chi connectivity index (χ1n) is 14.7. The summed E-state index contributed by atoms with van der Waals surface area (Å²) in [6, 6.07) is 0.669. The largest absolute Gasteiger partial charge is 0.478 e. The number of benzene rings is 1. The first-order valence-corrected chi connectivity index (χ1v) is 14.7. The van der Waals surface area contributed by atoms with Gasteiger partial charge in [0.2, 0.25) is 5.91 Å². The summed E-state index contributed by atoms with van der Waals surface area (Å²) in [5, 5.41) is 11.9. The zero-order valence-electron chi connectivity index (χ0n) is 25.2. The molecule has 6 nitrogen and oxygen atoms in total. The summed E-state index contributed by atoms with van der Waals surface area (Å²) in [5.74, 6) is -3.76. The average Bonchev–Trinajstić information content (AvgIpc) is 2.93. The number of carbonyl (C=O) groups is 3. The van der Waals surface area contributed by atoms with Crippen molar-refractivity contribution in [2.75, 3.05) is 0 Å². The number of nitrogens with one attached hydrogen (secondary N) is 1. The number of carbonyl (C=O) groups excluding carboxylic acids is 2. The van der Waals surface area contributed by atoms with Crippen LogP contribution in [-0.4, -0.2) is 29.0 Å². The van der Waals surface area contributed by atoms with E-state index in [9.17, 15) is 32.7 Å². The lowest BCUT2D eigenvalue weighted by molar-refractivity contribution is -0.141. The number of aromatic carboxylic acids is 1. The fourth-order valence-corrected chi connectivity index (χ4v) is 3.84. The van der Waals surface area contributed by atoms with Crippen molar-refractivity contribution in [1.82, 2.24) is 5.32 Å². The van der Waals surface area contributed by atoms with Crippen LogP contribution in [0, 0.1) is 5.92 Å². The van der Waals surface area contributed by atoms with Crippen molar-refractivity contribution in [3.8, 4) is 5.75 Å². The molecule has 0 spiro atoms. The quantitative estimate of drug-likeness (QED) is 0.0714. The summed E-state index contributed by atoms with van der Waals surface area (Å²) < 4.78 is 44.5. The maximum absolute atomic E-state index is 13.1. The van der Waals surface area contributed by atoms with Gasteiger partial charge in [-0.05, 0) is 75.5 Å². The third kappa shape index (κ3) is 17.0. The van der Waals surface area contributed by atoms with Gasteiger partial charge in [-0.3, -0.25) is 4.79 Å². The van der Waals surface area contributed by atoms with Gasteiger partial charge in [-0.2, -0.15) is 13.2 Å². The minimum absolute atomic E-state index is 0.0559. The number of hydrogen-bond acceptors (Lipinski definition) is 4. The molecule has 1 atom stereocenters. The molecule has 0 saturated carbocycles. The maximum Gasteiger partial charge on any atom is 0.416 e. The predicted molar refractivity (Wildman–Crippen MR) is 164 cm³/mol. The lowest BCUT2D eigenvalue weighted by Gasteiger charge is -2.20. The van der Waals surface area contributed by atoms with Crippen LogP contribution in [-0.2, 0) is 15.8 Å². The summed E-state index contributed by atoms with van der Waals surface area (Å²) in [5.41, 5.74) is -1.74. The van der Waals surface area contributed by atoms with Gasteiger partial charge >= 0.3 is 18.1 Å². The van der Waals surface area contributed by atoms with Gasteiger partial charge < -0.3 is 15.2 Å². The lowest BCUT2D eigenvalue weighted by atomic mass is 10.0. The summed E-state index contributed by atoms with van der Waals surface area (Å²) >= 11 is 0. The molecule has 1 aromatic rings. The van der Waals surface area contributed by atoms with Gasteiger partial charge in [0.15, 0.2) is 0 Å². The van der Waals surface area contributed by atoms with Crippen LogP contribution in [0.1, 0.15) is 94.5 Å². The van der Waals surface area contributed by atoms with Gasteiger partial charge in [0.1, 0.15) is 17.4 Å². The number of allylic oxidation sites excluding steroid dienone is 10. The molecule has 1 rings (SSSR count). The van der Waals surface area contributed by atoms with Crippen LogP contribution in [0.4, 0.5) is 13.2 Å². The third-order valence-corrected chi connectivity index (χ3v) is 6.01. The Morgan fingerprint density at radius 2 is 1.42 bits per heavy atom. The van der Waals surface area contributed by atoms with Crippen LogP contribution in [0.25, 0.3) is 0 Å². The van der Waals surface area contributed by atoms with Crippen molar-refractivity contribution in [1.29, 1.82) is 0 Å². The second-order valence-corrected chi connectivity index (χ2v) is 10.3. The molecular formula is C34H44F3NO5. The van der Waals surface area contributed by atoms with Gasteiger partial charge in [-0.1, -0.05) is 81.5 Å². The number of halogens is 3. The number of hydrogen-bond donors (Lipinski definition) is 2. The molecule has 0 heterocycles. The highest BCUT2D eigenvalue weighted by atomic mass is 19.4. The summed E-state index contributed by atoms with van der Waals surface area (Å²) in [4.78, 5) is 36.8. The molecule has 43 heavy (non-hydrogen) atoms. The Bertz CT molecular complexity index is 1160. The molecule has 1 amide bonds. The molecule has 0 fully saturated rings. The van der Waals surface area contributed by atoms with Crippen molar-refractivity contribution < 1.29 is 37.4 Å². The molecule has 0 aliphatic carbocycles. The zero-order valence-corrected chi connectivity index (χ0v) is 25.2. The van der Waals surface area contributed by atoms with Crippen LogP contribution < -0.4 is 10.1 Å². The van der Waals surface area contributed by atoms with E-state index in [1.807, 2.05) is 12.2 Å². The van der Waals surface area contributed by atoms with Gasteiger partial charge in [-0.15, -0.1) is 0 Å². The summed E-state index contributed by atoms with van der Waals surface area (Å²) in [6.07, 6.45) is 22.4. The molecule has 0 bridgehead atoms. The Labute approximate surface area is 253 Å². The number of unbranched alkanes of at least 4 members (excludes halogenated alkanes) is 1. The number of esters is 1. The number of amides is 1. The molecule has 9 heteroatoms. The van der Waals surface area contributed by atoms with Crippen molar-refractivity contribution in [2.24, 2.45) is 5.92 Å². The molecule has 0 saturated heterocycles. The van der Waals surface area contributed by atoms with E-state index in [0.717, 1.165) is 38.2 Å². The van der Waals surface area contributed by atoms with E-state index in [1.165, 1.54) is 0 Å². The molecule has 2 N–H and O–H groups in total. The van der Waals surface area contributed by atoms with Crippen molar-refractivity contribution in [3.63, 3.8) is 0 Å².